The van der Waals surface area contributed by atoms with E-state index in [2.05, 4.69) is 0 Å². The maximum absolute atomic E-state index is 9.47. The fourth-order valence-electron chi connectivity index (χ4n) is 0.909. The lowest BCUT2D eigenvalue weighted by molar-refractivity contribution is -0.0257. The van der Waals surface area contributed by atoms with Crippen molar-refractivity contribution in [2.45, 2.75) is 19.1 Å². The minimum Gasteiger partial charge on any atom is -0.390 e. The molecule has 0 aliphatic heterocycles. The van der Waals surface area contributed by atoms with Gasteiger partial charge in [0, 0.05) is 25.2 Å². The maximum Gasteiger partial charge on any atom is 0.0863 e. The highest BCUT2D eigenvalue weighted by atomic mass is 32.2. The van der Waals surface area contributed by atoms with Crippen LogP contribution in [0.5, 0.6) is 0 Å². The van der Waals surface area contributed by atoms with Crippen LogP contribution in [0.1, 0.15) is 6.92 Å². The van der Waals surface area contributed by atoms with Gasteiger partial charge in [0.05, 0.1) is 25.4 Å². The predicted molar refractivity (Wildman–Crippen MR) is 59.7 cm³/mol. The van der Waals surface area contributed by atoms with Crippen molar-refractivity contribution in [3.8, 4) is 0 Å². The number of hydrogen-bond acceptors (Lipinski definition) is 5. The van der Waals surface area contributed by atoms with Gasteiger partial charge in [-0.25, -0.2) is 0 Å². The van der Waals surface area contributed by atoms with Crippen molar-refractivity contribution in [3.63, 3.8) is 0 Å². The van der Waals surface area contributed by atoms with Crippen LogP contribution < -0.4 is 5.73 Å². The summed E-state index contributed by atoms with van der Waals surface area (Å²) in [5.41, 5.74) is 5.33. The van der Waals surface area contributed by atoms with E-state index in [9.17, 15) is 5.11 Å². The highest BCUT2D eigenvalue weighted by Crippen LogP contribution is 2.03. The zero-order chi connectivity index (χ0) is 10.8. The van der Waals surface area contributed by atoms with Gasteiger partial charge in [0.25, 0.3) is 0 Å². The number of methoxy groups -OCH3 is 1. The molecule has 0 radical (unpaired) electrons. The van der Waals surface area contributed by atoms with E-state index >= 15 is 0 Å². The maximum atomic E-state index is 9.47. The molecule has 0 fully saturated rings. The Labute approximate surface area is 90.1 Å². The number of ether oxygens (including phenoxy) is 2. The summed E-state index contributed by atoms with van der Waals surface area (Å²) in [6, 6.07) is 0. The molecule has 0 saturated heterocycles. The van der Waals surface area contributed by atoms with Gasteiger partial charge < -0.3 is 20.3 Å². The molecule has 0 amide bonds. The van der Waals surface area contributed by atoms with Crippen LogP contribution in [-0.2, 0) is 9.47 Å². The summed E-state index contributed by atoms with van der Waals surface area (Å²) in [5.74, 6) is 1.56. The fourth-order valence-corrected chi connectivity index (χ4v) is 1.61. The first-order valence-corrected chi connectivity index (χ1v) is 5.92. The van der Waals surface area contributed by atoms with Crippen LogP contribution in [-0.4, -0.2) is 55.7 Å². The highest BCUT2D eigenvalue weighted by molar-refractivity contribution is 7.99. The van der Waals surface area contributed by atoms with Gasteiger partial charge in [0.1, 0.15) is 0 Å². The van der Waals surface area contributed by atoms with Gasteiger partial charge in [-0.15, -0.1) is 0 Å². The monoisotopic (exact) mass is 223 g/mol. The van der Waals surface area contributed by atoms with Gasteiger partial charge in [-0.05, 0) is 6.92 Å². The Morgan fingerprint density at radius 1 is 1.43 bits per heavy atom. The van der Waals surface area contributed by atoms with Crippen molar-refractivity contribution >= 4 is 11.8 Å². The minimum atomic E-state index is -0.411. The molecule has 0 aliphatic carbocycles. The average Bonchev–Trinajstić information content (AvgIpc) is 2.16. The Morgan fingerprint density at radius 2 is 2.14 bits per heavy atom. The first kappa shape index (κ1) is 14.2. The third kappa shape index (κ3) is 8.77. The second-order valence-corrected chi connectivity index (χ2v) is 4.27. The summed E-state index contributed by atoms with van der Waals surface area (Å²) in [7, 11) is 1.63. The number of nitrogens with two attached hydrogens (primary N) is 1. The van der Waals surface area contributed by atoms with Gasteiger partial charge in [-0.1, -0.05) is 0 Å². The van der Waals surface area contributed by atoms with Crippen LogP contribution in [0, 0.1) is 0 Å². The van der Waals surface area contributed by atoms with Crippen LogP contribution in [0.25, 0.3) is 0 Å². The predicted octanol–water partition coefficient (Wildman–Crippen LogP) is 0.0907. The standard InChI is InChI=1S/C9H21NO3S/c1-8(5-12-2)13-6-9(11)7-14-4-3-10/h8-9,11H,3-7,10H2,1-2H3. The first-order valence-electron chi connectivity index (χ1n) is 4.77. The van der Waals surface area contributed by atoms with E-state index in [-0.39, 0.29) is 6.10 Å². The zero-order valence-electron chi connectivity index (χ0n) is 8.94. The Kier molecular flexibility index (Phi) is 9.87. The molecule has 3 N–H and O–H groups in total. The van der Waals surface area contributed by atoms with E-state index in [0.29, 0.717) is 25.5 Å². The molecule has 0 aliphatic rings. The van der Waals surface area contributed by atoms with E-state index in [1.165, 1.54) is 0 Å². The summed E-state index contributed by atoms with van der Waals surface area (Å²) >= 11 is 1.64. The summed E-state index contributed by atoms with van der Waals surface area (Å²) in [6.07, 6.45) is -0.375. The molecule has 2 atom stereocenters. The quantitative estimate of drug-likeness (QED) is 0.542. The van der Waals surface area contributed by atoms with E-state index in [1.807, 2.05) is 6.92 Å². The van der Waals surface area contributed by atoms with Crippen LogP contribution in [0.2, 0.25) is 0 Å². The summed E-state index contributed by atoms with van der Waals surface area (Å²) in [4.78, 5) is 0. The van der Waals surface area contributed by atoms with Crippen molar-refractivity contribution in [1.29, 1.82) is 0 Å². The third-order valence-electron chi connectivity index (χ3n) is 1.55. The largest absolute Gasteiger partial charge is 0.390 e. The second-order valence-electron chi connectivity index (χ2n) is 3.12. The molecular formula is C9H21NO3S. The molecule has 0 aromatic carbocycles. The normalized spacial score (nSPS) is 15.4. The van der Waals surface area contributed by atoms with Gasteiger partial charge in [0.2, 0.25) is 0 Å². The fraction of sp³-hybridized carbons (Fsp3) is 1.00. The molecule has 14 heavy (non-hydrogen) atoms. The van der Waals surface area contributed by atoms with Crippen molar-refractivity contribution in [1.82, 2.24) is 0 Å². The molecule has 4 nitrogen and oxygen atoms in total. The van der Waals surface area contributed by atoms with Gasteiger partial charge in [-0.3, -0.25) is 0 Å². The molecule has 0 rings (SSSR count). The van der Waals surface area contributed by atoms with Crippen molar-refractivity contribution < 1.29 is 14.6 Å². The van der Waals surface area contributed by atoms with Crippen molar-refractivity contribution in [2.24, 2.45) is 5.73 Å². The first-order chi connectivity index (χ1) is 6.70. The molecule has 0 bridgehead atoms. The summed E-state index contributed by atoms with van der Waals surface area (Å²) in [5, 5.41) is 9.47. The summed E-state index contributed by atoms with van der Waals surface area (Å²) < 4.78 is 10.3. The zero-order valence-corrected chi connectivity index (χ0v) is 9.76. The summed E-state index contributed by atoms with van der Waals surface area (Å²) in [6.45, 7) is 3.49. The Balaban J connectivity index is 3.29. The number of aliphatic hydroxyl groups excluding tert-OH is 1. The average molecular weight is 223 g/mol. The highest BCUT2D eigenvalue weighted by Gasteiger charge is 2.07. The van der Waals surface area contributed by atoms with Crippen LogP contribution in [0.15, 0.2) is 0 Å². The molecule has 0 aromatic rings. The van der Waals surface area contributed by atoms with Gasteiger partial charge in [0.15, 0.2) is 0 Å². The van der Waals surface area contributed by atoms with Crippen molar-refractivity contribution in [2.75, 3.05) is 38.4 Å². The van der Waals surface area contributed by atoms with E-state index in [0.717, 1.165) is 5.75 Å². The van der Waals surface area contributed by atoms with Gasteiger partial charge in [-0.2, -0.15) is 11.8 Å². The lowest BCUT2D eigenvalue weighted by Crippen LogP contribution is -2.24. The minimum absolute atomic E-state index is 0.0363. The van der Waals surface area contributed by atoms with Crippen LogP contribution >= 0.6 is 11.8 Å². The lowest BCUT2D eigenvalue weighted by atomic mass is 10.4. The molecule has 0 aromatic heterocycles. The third-order valence-corrected chi connectivity index (χ3v) is 2.69. The van der Waals surface area contributed by atoms with Crippen LogP contribution in [0.4, 0.5) is 0 Å². The smallest absolute Gasteiger partial charge is 0.0863 e. The topological polar surface area (TPSA) is 64.7 Å². The molecule has 86 valence electrons. The van der Waals surface area contributed by atoms with E-state index in [4.69, 9.17) is 15.2 Å². The Bertz CT molecular complexity index is 127. The Morgan fingerprint density at radius 3 is 2.71 bits per heavy atom. The molecule has 0 heterocycles. The van der Waals surface area contributed by atoms with Crippen LogP contribution in [0.3, 0.4) is 0 Å². The SMILES string of the molecule is COCC(C)OCC(O)CSCCN. The van der Waals surface area contributed by atoms with E-state index in [1.54, 1.807) is 18.9 Å². The molecular weight excluding hydrogens is 202 g/mol. The van der Waals surface area contributed by atoms with Gasteiger partial charge >= 0.3 is 0 Å². The number of aliphatic hydroxyl groups is 1. The second kappa shape index (κ2) is 9.73. The number of thioether (sulfide) groups is 1. The van der Waals surface area contributed by atoms with Crippen molar-refractivity contribution in [3.05, 3.63) is 0 Å². The lowest BCUT2D eigenvalue weighted by Gasteiger charge is -2.15. The number of rotatable bonds is 9. The Hall–Kier alpha value is 0.190. The number of hydrogen-bond donors (Lipinski definition) is 2. The molecule has 0 saturated carbocycles. The van der Waals surface area contributed by atoms with E-state index < -0.39 is 6.10 Å². The molecule has 5 heteroatoms. The molecule has 0 spiro atoms. The molecule has 2 unspecified atom stereocenters.